The highest BCUT2D eigenvalue weighted by atomic mass is 16.7. The first-order valence-corrected chi connectivity index (χ1v) is 9.52. The first-order valence-electron chi connectivity index (χ1n) is 9.52. The molecule has 0 N–H and O–H groups in total. The fourth-order valence-corrected chi connectivity index (χ4v) is 3.08. The highest BCUT2D eigenvalue weighted by Crippen LogP contribution is 2.32. The molecule has 1 aliphatic heterocycles. The van der Waals surface area contributed by atoms with E-state index in [9.17, 15) is 9.59 Å². The van der Waals surface area contributed by atoms with Gasteiger partial charge in [0.25, 0.3) is 0 Å². The molecule has 0 fully saturated rings. The molecule has 0 saturated carbocycles. The van der Waals surface area contributed by atoms with Crippen molar-refractivity contribution in [3.63, 3.8) is 0 Å². The second kappa shape index (κ2) is 9.13. The average molecular weight is 404 g/mol. The summed E-state index contributed by atoms with van der Waals surface area (Å²) in [6, 6.07) is 22.4. The molecule has 0 amide bonds. The lowest BCUT2D eigenvalue weighted by Gasteiger charge is -2.11. The third kappa shape index (κ3) is 4.78. The minimum atomic E-state index is -0.612. The van der Waals surface area contributed by atoms with Crippen LogP contribution in [-0.4, -0.2) is 31.8 Å². The summed E-state index contributed by atoms with van der Waals surface area (Å²) >= 11 is 0. The molecule has 6 heteroatoms. The van der Waals surface area contributed by atoms with Gasteiger partial charge in [0.15, 0.2) is 30.5 Å². The molecule has 3 aromatic carbocycles. The largest absolute Gasteiger partial charge is 0.482 e. The van der Waals surface area contributed by atoms with Crippen LogP contribution in [0.2, 0.25) is 0 Å². The number of carbonyl (C=O) groups excluding carboxylic acids is 2. The van der Waals surface area contributed by atoms with E-state index in [4.69, 9.17) is 18.9 Å². The normalized spacial score (nSPS) is 11.7. The Labute approximate surface area is 174 Å². The van der Waals surface area contributed by atoms with E-state index in [0.29, 0.717) is 29.2 Å². The average Bonchev–Trinajstić information content (AvgIpc) is 3.25. The van der Waals surface area contributed by atoms with E-state index in [-0.39, 0.29) is 25.8 Å². The van der Waals surface area contributed by atoms with Crippen LogP contribution in [0.5, 0.6) is 17.2 Å². The number of hydrogen-bond donors (Lipinski definition) is 0. The van der Waals surface area contributed by atoms with Gasteiger partial charge in [0.2, 0.25) is 6.79 Å². The molecule has 4 rings (SSSR count). The van der Waals surface area contributed by atoms with Crippen molar-refractivity contribution in [2.24, 2.45) is 0 Å². The Balaban J connectivity index is 1.29. The number of benzene rings is 3. The van der Waals surface area contributed by atoms with Crippen molar-refractivity contribution in [2.45, 2.75) is 6.42 Å². The van der Waals surface area contributed by atoms with Crippen LogP contribution in [-0.2, 0) is 16.0 Å². The standard InChI is InChI=1S/C24H20O6/c25-20(18-10-11-22-23(13-18)30-16-29-22)14-28-24(26)15-27-21-9-5-4-8-19(21)12-17-6-2-1-3-7-17/h1-11,13H,12,14-16H2. The zero-order valence-electron chi connectivity index (χ0n) is 16.2. The van der Waals surface area contributed by atoms with Gasteiger partial charge in [-0.1, -0.05) is 48.5 Å². The van der Waals surface area contributed by atoms with E-state index >= 15 is 0 Å². The summed E-state index contributed by atoms with van der Waals surface area (Å²) in [5.41, 5.74) is 2.50. The predicted molar refractivity (Wildman–Crippen MR) is 109 cm³/mol. The smallest absolute Gasteiger partial charge is 0.344 e. The number of ether oxygens (including phenoxy) is 4. The number of hydrogen-bond acceptors (Lipinski definition) is 6. The molecule has 3 aromatic rings. The van der Waals surface area contributed by atoms with E-state index in [1.54, 1.807) is 18.2 Å². The van der Waals surface area contributed by atoms with Crippen LogP contribution >= 0.6 is 0 Å². The van der Waals surface area contributed by atoms with Crippen molar-refractivity contribution in [1.82, 2.24) is 0 Å². The number of rotatable bonds is 8. The highest BCUT2D eigenvalue weighted by molar-refractivity contribution is 5.98. The Morgan fingerprint density at radius 3 is 2.47 bits per heavy atom. The number of carbonyl (C=O) groups is 2. The molecule has 0 aromatic heterocycles. The van der Waals surface area contributed by atoms with Crippen molar-refractivity contribution in [3.8, 4) is 17.2 Å². The van der Waals surface area contributed by atoms with E-state index < -0.39 is 5.97 Å². The summed E-state index contributed by atoms with van der Waals surface area (Å²) < 4.78 is 21.2. The quantitative estimate of drug-likeness (QED) is 0.420. The fraction of sp³-hybridized carbons (Fsp3) is 0.167. The van der Waals surface area contributed by atoms with Gasteiger partial charge in [0.1, 0.15) is 5.75 Å². The lowest BCUT2D eigenvalue weighted by Crippen LogP contribution is -2.19. The molecular weight excluding hydrogens is 384 g/mol. The molecule has 0 spiro atoms. The Bertz CT molecular complexity index is 1040. The molecule has 0 aliphatic carbocycles. The number of Topliss-reactive ketones (excluding diaryl/α,β-unsaturated/α-hetero) is 1. The summed E-state index contributed by atoms with van der Waals surface area (Å²) in [5.74, 6) is 0.766. The van der Waals surface area contributed by atoms with E-state index in [1.807, 2.05) is 54.6 Å². The molecule has 0 unspecified atom stereocenters. The van der Waals surface area contributed by atoms with Gasteiger partial charge in [0.05, 0.1) is 0 Å². The van der Waals surface area contributed by atoms with Crippen molar-refractivity contribution in [3.05, 3.63) is 89.5 Å². The highest BCUT2D eigenvalue weighted by Gasteiger charge is 2.17. The molecule has 0 radical (unpaired) electrons. The molecule has 1 heterocycles. The van der Waals surface area contributed by atoms with Gasteiger partial charge in [-0.05, 0) is 35.4 Å². The summed E-state index contributed by atoms with van der Waals surface area (Å²) in [5, 5.41) is 0. The van der Waals surface area contributed by atoms with E-state index in [1.165, 1.54) is 0 Å². The van der Waals surface area contributed by atoms with Gasteiger partial charge in [-0.15, -0.1) is 0 Å². The maximum atomic E-state index is 12.3. The number of fused-ring (bicyclic) bond motifs is 1. The van der Waals surface area contributed by atoms with Crippen LogP contribution in [0.25, 0.3) is 0 Å². The topological polar surface area (TPSA) is 71.1 Å². The van der Waals surface area contributed by atoms with Gasteiger partial charge in [-0.3, -0.25) is 4.79 Å². The van der Waals surface area contributed by atoms with Gasteiger partial charge in [0, 0.05) is 12.0 Å². The number of ketones is 1. The monoisotopic (exact) mass is 404 g/mol. The molecule has 152 valence electrons. The van der Waals surface area contributed by atoms with Crippen LogP contribution in [0.15, 0.2) is 72.8 Å². The second-order valence-corrected chi connectivity index (χ2v) is 6.71. The Morgan fingerprint density at radius 1 is 0.833 bits per heavy atom. The summed E-state index contributed by atoms with van der Waals surface area (Å²) in [6.45, 7) is -0.515. The van der Waals surface area contributed by atoms with E-state index in [2.05, 4.69) is 0 Å². The molecule has 1 aliphatic rings. The third-order valence-electron chi connectivity index (χ3n) is 4.61. The first-order chi connectivity index (χ1) is 14.7. The van der Waals surface area contributed by atoms with Crippen molar-refractivity contribution in [1.29, 1.82) is 0 Å². The third-order valence-corrected chi connectivity index (χ3v) is 4.61. The molecule has 30 heavy (non-hydrogen) atoms. The van der Waals surface area contributed by atoms with Crippen LogP contribution in [0.1, 0.15) is 21.5 Å². The maximum Gasteiger partial charge on any atom is 0.344 e. The summed E-state index contributed by atoms with van der Waals surface area (Å²) in [7, 11) is 0. The molecule has 0 saturated heterocycles. The minimum Gasteiger partial charge on any atom is -0.482 e. The zero-order valence-corrected chi connectivity index (χ0v) is 16.2. The lowest BCUT2D eigenvalue weighted by atomic mass is 10.0. The lowest BCUT2D eigenvalue weighted by molar-refractivity contribution is -0.144. The van der Waals surface area contributed by atoms with E-state index in [0.717, 1.165) is 11.1 Å². The Hall–Kier alpha value is -3.80. The minimum absolute atomic E-state index is 0.130. The molecule has 0 bridgehead atoms. The van der Waals surface area contributed by atoms with Crippen LogP contribution in [0, 0.1) is 0 Å². The van der Waals surface area contributed by atoms with Gasteiger partial charge in [-0.2, -0.15) is 0 Å². The van der Waals surface area contributed by atoms with Crippen molar-refractivity contribution in [2.75, 3.05) is 20.0 Å². The predicted octanol–water partition coefficient (Wildman–Crippen LogP) is 3.81. The summed E-state index contributed by atoms with van der Waals surface area (Å²) in [4.78, 5) is 24.3. The van der Waals surface area contributed by atoms with Crippen LogP contribution in [0.3, 0.4) is 0 Å². The van der Waals surface area contributed by atoms with Gasteiger partial charge in [-0.25, -0.2) is 4.79 Å². The van der Waals surface area contributed by atoms with Crippen molar-refractivity contribution < 1.29 is 28.5 Å². The van der Waals surface area contributed by atoms with Crippen molar-refractivity contribution >= 4 is 11.8 Å². The molecule has 0 atom stereocenters. The summed E-state index contributed by atoms with van der Waals surface area (Å²) in [6.07, 6.45) is 0.689. The molecule has 6 nitrogen and oxygen atoms in total. The first kappa shape index (κ1) is 19.5. The second-order valence-electron chi connectivity index (χ2n) is 6.71. The Kier molecular flexibility index (Phi) is 5.94. The Morgan fingerprint density at radius 2 is 1.60 bits per heavy atom. The number of para-hydroxylation sites is 1. The fourth-order valence-electron chi connectivity index (χ4n) is 3.08. The van der Waals surface area contributed by atoms with Gasteiger partial charge < -0.3 is 18.9 Å². The van der Waals surface area contributed by atoms with Crippen LogP contribution < -0.4 is 14.2 Å². The van der Waals surface area contributed by atoms with Crippen LogP contribution in [0.4, 0.5) is 0 Å². The SMILES string of the molecule is O=C(COc1ccccc1Cc1ccccc1)OCC(=O)c1ccc2c(c1)OCO2. The maximum absolute atomic E-state index is 12.3. The zero-order chi connectivity index (χ0) is 20.8. The number of esters is 1. The molecular formula is C24H20O6. The van der Waals surface area contributed by atoms with Gasteiger partial charge >= 0.3 is 5.97 Å².